The van der Waals surface area contributed by atoms with Gasteiger partial charge in [0.15, 0.2) is 6.61 Å². The summed E-state index contributed by atoms with van der Waals surface area (Å²) in [5, 5.41) is 2.96. The highest BCUT2D eigenvalue weighted by atomic mass is 79.9. The number of para-hydroxylation sites is 2. The van der Waals surface area contributed by atoms with Gasteiger partial charge in [0.05, 0.1) is 17.8 Å². The van der Waals surface area contributed by atoms with Gasteiger partial charge < -0.3 is 15.0 Å². The number of ether oxygens (including phenoxy) is 1. The van der Waals surface area contributed by atoms with Gasteiger partial charge in [-0.3, -0.25) is 9.59 Å². The van der Waals surface area contributed by atoms with Gasteiger partial charge >= 0.3 is 0 Å². The molecule has 0 spiro atoms. The SMILES string of the molecule is O=C(NCc1ccccc1)c1ccccc1N(Cc1ccc(Br)cc1)C(=O)COc1ccccc1. The Bertz CT molecular complexity index is 1260. The average Bonchev–Trinajstić information content (AvgIpc) is 2.91. The first-order valence-electron chi connectivity index (χ1n) is 11.2. The van der Waals surface area contributed by atoms with Gasteiger partial charge in [0.1, 0.15) is 5.75 Å². The van der Waals surface area contributed by atoms with E-state index in [9.17, 15) is 9.59 Å². The second-order valence-electron chi connectivity index (χ2n) is 7.89. The van der Waals surface area contributed by atoms with Crippen molar-refractivity contribution in [2.24, 2.45) is 0 Å². The van der Waals surface area contributed by atoms with Crippen LogP contribution in [0.2, 0.25) is 0 Å². The molecule has 0 aliphatic carbocycles. The Morgan fingerprint density at radius 3 is 2.09 bits per heavy atom. The molecule has 0 fully saturated rings. The Balaban J connectivity index is 1.58. The fourth-order valence-electron chi connectivity index (χ4n) is 3.59. The van der Waals surface area contributed by atoms with Crippen LogP contribution in [0.1, 0.15) is 21.5 Å². The molecule has 0 aromatic heterocycles. The summed E-state index contributed by atoms with van der Waals surface area (Å²) in [6.07, 6.45) is 0. The smallest absolute Gasteiger partial charge is 0.265 e. The molecule has 4 aromatic carbocycles. The number of hydrogen-bond donors (Lipinski definition) is 1. The average molecular weight is 529 g/mol. The summed E-state index contributed by atoms with van der Waals surface area (Å²) in [7, 11) is 0. The lowest BCUT2D eigenvalue weighted by molar-refractivity contribution is -0.120. The van der Waals surface area contributed by atoms with Gasteiger partial charge in [-0.05, 0) is 47.5 Å². The van der Waals surface area contributed by atoms with Crippen LogP contribution in [-0.2, 0) is 17.9 Å². The van der Waals surface area contributed by atoms with Crippen molar-refractivity contribution in [1.29, 1.82) is 0 Å². The number of nitrogens with zero attached hydrogens (tertiary/aromatic N) is 1. The zero-order valence-electron chi connectivity index (χ0n) is 19.1. The summed E-state index contributed by atoms with van der Waals surface area (Å²) in [4.78, 5) is 28.2. The molecule has 176 valence electrons. The first-order valence-corrected chi connectivity index (χ1v) is 12.0. The van der Waals surface area contributed by atoms with E-state index in [2.05, 4.69) is 21.2 Å². The van der Waals surface area contributed by atoms with Crippen molar-refractivity contribution >= 4 is 33.4 Å². The lowest BCUT2D eigenvalue weighted by Crippen LogP contribution is -2.36. The number of hydrogen-bond acceptors (Lipinski definition) is 3. The van der Waals surface area contributed by atoms with Gasteiger partial charge in [0.25, 0.3) is 11.8 Å². The molecule has 0 aliphatic rings. The second-order valence-corrected chi connectivity index (χ2v) is 8.81. The molecule has 0 aliphatic heterocycles. The highest BCUT2D eigenvalue weighted by molar-refractivity contribution is 9.10. The van der Waals surface area contributed by atoms with Crippen molar-refractivity contribution in [2.75, 3.05) is 11.5 Å². The summed E-state index contributed by atoms with van der Waals surface area (Å²) in [6.45, 7) is 0.541. The van der Waals surface area contributed by atoms with Gasteiger partial charge in [-0.2, -0.15) is 0 Å². The lowest BCUT2D eigenvalue weighted by atomic mass is 10.1. The number of benzene rings is 4. The van der Waals surface area contributed by atoms with Crippen LogP contribution in [0.4, 0.5) is 5.69 Å². The lowest BCUT2D eigenvalue weighted by Gasteiger charge is -2.25. The zero-order valence-corrected chi connectivity index (χ0v) is 20.6. The van der Waals surface area contributed by atoms with E-state index < -0.39 is 0 Å². The van der Waals surface area contributed by atoms with E-state index in [1.54, 1.807) is 35.2 Å². The largest absolute Gasteiger partial charge is 0.484 e. The van der Waals surface area contributed by atoms with Crippen LogP contribution >= 0.6 is 15.9 Å². The number of rotatable bonds is 9. The van der Waals surface area contributed by atoms with Crippen molar-refractivity contribution in [3.05, 3.63) is 130 Å². The Hall–Kier alpha value is -3.90. The number of nitrogens with one attached hydrogen (secondary N) is 1. The third-order valence-electron chi connectivity index (χ3n) is 5.40. The molecule has 4 aromatic rings. The summed E-state index contributed by atoms with van der Waals surface area (Å²) in [5.41, 5.74) is 2.88. The van der Waals surface area contributed by atoms with E-state index in [0.717, 1.165) is 15.6 Å². The quantitative estimate of drug-likeness (QED) is 0.290. The fraction of sp³-hybridized carbons (Fsp3) is 0.103. The van der Waals surface area contributed by atoms with Gasteiger partial charge in [-0.15, -0.1) is 0 Å². The van der Waals surface area contributed by atoms with E-state index in [-0.39, 0.29) is 18.4 Å². The number of halogens is 1. The molecule has 35 heavy (non-hydrogen) atoms. The Morgan fingerprint density at radius 2 is 1.37 bits per heavy atom. The summed E-state index contributed by atoms with van der Waals surface area (Å²) < 4.78 is 6.68. The van der Waals surface area contributed by atoms with Gasteiger partial charge in [-0.1, -0.05) is 88.7 Å². The Labute approximate surface area is 213 Å². The minimum Gasteiger partial charge on any atom is -0.484 e. The minimum absolute atomic E-state index is 0.152. The van der Waals surface area contributed by atoms with Gasteiger partial charge in [0, 0.05) is 11.0 Å². The number of anilines is 1. The number of carbonyl (C=O) groups is 2. The van der Waals surface area contributed by atoms with E-state index in [0.29, 0.717) is 30.1 Å². The van der Waals surface area contributed by atoms with Crippen LogP contribution in [0.15, 0.2) is 114 Å². The van der Waals surface area contributed by atoms with E-state index in [1.807, 2.05) is 78.9 Å². The molecule has 0 saturated carbocycles. The monoisotopic (exact) mass is 528 g/mol. The molecule has 5 nitrogen and oxygen atoms in total. The summed E-state index contributed by atoms with van der Waals surface area (Å²) in [6, 6.07) is 33.8. The maximum Gasteiger partial charge on any atom is 0.265 e. The maximum absolute atomic E-state index is 13.4. The fourth-order valence-corrected chi connectivity index (χ4v) is 3.86. The second kappa shape index (κ2) is 12.0. The molecule has 4 rings (SSSR count). The van der Waals surface area contributed by atoms with Crippen LogP contribution in [-0.4, -0.2) is 18.4 Å². The molecule has 0 unspecified atom stereocenters. The minimum atomic E-state index is -0.250. The predicted molar refractivity (Wildman–Crippen MR) is 141 cm³/mol. The predicted octanol–water partition coefficient (Wildman–Crippen LogP) is 5.99. The van der Waals surface area contributed by atoms with Crippen LogP contribution < -0.4 is 15.0 Å². The first kappa shape index (κ1) is 24.2. The van der Waals surface area contributed by atoms with E-state index in [4.69, 9.17) is 4.74 Å². The molecule has 0 atom stereocenters. The molecular weight excluding hydrogens is 504 g/mol. The van der Waals surface area contributed by atoms with Crippen molar-refractivity contribution < 1.29 is 14.3 Å². The molecular formula is C29H25BrN2O3. The van der Waals surface area contributed by atoms with E-state index in [1.165, 1.54) is 0 Å². The van der Waals surface area contributed by atoms with Crippen LogP contribution in [0.5, 0.6) is 5.75 Å². The maximum atomic E-state index is 13.4. The third-order valence-corrected chi connectivity index (χ3v) is 5.92. The van der Waals surface area contributed by atoms with Crippen molar-refractivity contribution in [3.63, 3.8) is 0 Å². The molecule has 0 saturated heterocycles. The highest BCUT2D eigenvalue weighted by Crippen LogP contribution is 2.24. The first-order chi connectivity index (χ1) is 17.1. The van der Waals surface area contributed by atoms with E-state index >= 15 is 0 Å². The highest BCUT2D eigenvalue weighted by Gasteiger charge is 2.22. The Morgan fingerprint density at radius 1 is 0.743 bits per heavy atom. The molecule has 0 bridgehead atoms. The number of carbonyl (C=O) groups excluding carboxylic acids is 2. The summed E-state index contributed by atoms with van der Waals surface area (Å²) >= 11 is 3.45. The topological polar surface area (TPSA) is 58.6 Å². The molecule has 2 amide bonds. The van der Waals surface area contributed by atoms with Crippen molar-refractivity contribution in [2.45, 2.75) is 13.1 Å². The van der Waals surface area contributed by atoms with Gasteiger partial charge in [-0.25, -0.2) is 0 Å². The van der Waals surface area contributed by atoms with Gasteiger partial charge in [0.2, 0.25) is 0 Å². The van der Waals surface area contributed by atoms with Crippen LogP contribution in [0, 0.1) is 0 Å². The Kier molecular flexibility index (Phi) is 8.30. The summed E-state index contributed by atoms with van der Waals surface area (Å²) in [5.74, 6) is 0.112. The molecule has 1 N–H and O–H groups in total. The molecule has 0 radical (unpaired) electrons. The van der Waals surface area contributed by atoms with Crippen LogP contribution in [0.25, 0.3) is 0 Å². The molecule has 6 heteroatoms. The number of amides is 2. The van der Waals surface area contributed by atoms with Crippen molar-refractivity contribution in [1.82, 2.24) is 5.32 Å². The molecule has 0 heterocycles. The third kappa shape index (κ3) is 6.80. The van der Waals surface area contributed by atoms with Crippen molar-refractivity contribution in [3.8, 4) is 5.75 Å². The normalized spacial score (nSPS) is 10.4. The standard InChI is InChI=1S/C29H25BrN2O3/c30-24-17-15-23(16-18-24)20-32(28(33)21-35-25-11-5-2-6-12-25)27-14-8-7-13-26(27)29(34)31-19-22-9-3-1-4-10-22/h1-18H,19-21H2,(H,31,34). The zero-order chi connectivity index (χ0) is 24.5. The van der Waals surface area contributed by atoms with Crippen LogP contribution in [0.3, 0.4) is 0 Å².